The molecule has 2 nitrogen and oxygen atoms in total. The lowest BCUT2D eigenvalue weighted by Crippen LogP contribution is -2.39. The fourth-order valence-electron chi connectivity index (χ4n) is 2.15. The second-order valence-corrected chi connectivity index (χ2v) is 5.51. The molecule has 7 heteroatoms. The molecule has 1 fully saturated rings. The third kappa shape index (κ3) is 7.36. The first kappa shape index (κ1) is 18.6. The number of rotatable bonds is 3. The molecule has 0 bridgehead atoms. The van der Waals surface area contributed by atoms with Crippen LogP contribution in [-0.2, 0) is 12.7 Å². The van der Waals surface area contributed by atoms with Gasteiger partial charge in [0.15, 0.2) is 0 Å². The van der Waals surface area contributed by atoms with E-state index in [1.165, 1.54) is 12.1 Å². The number of nitrogens with one attached hydrogen (secondary N) is 2. The topological polar surface area (TPSA) is 24.1 Å². The van der Waals surface area contributed by atoms with Gasteiger partial charge in [-0.25, -0.2) is 0 Å². The molecule has 0 aliphatic carbocycles. The van der Waals surface area contributed by atoms with Crippen molar-refractivity contribution in [2.24, 2.45) is 0 Å². The fourth-order valence-corrected chi connectivity index (χ4v) is 2.15. The molecule has 0 unspecified atom stereocenters. The quantitative estimate of drug-likeness (QED) is 0.812. The molecule has 0 atom stereocenters. The van der Waals surface area contributed by atoms with Gasteiger partial charge in [-0.05, 0) is 37.6 Å². The van der Waals surface area contributed by atoms with Crippen molar-refractivity contribution in [2.75, 3.05) is 18.4 Å². The van der Waals surface area contributed by atoms with E-state index in [0.717, 1.165) is 32.0 Å². The predicted octanol–water partition coefficient (Wildman–Crippen LogP) is 3.97. The van der Waals surface area contributed by atoms with E-state index in [1.807, 2.05) is 0 Å². The summed E-state index contributed by atoms with van der Waals surface area (Å²) in [6.45, 7) is 2.44. The van der Waals surface area contributed by atoms with Crippen molar-refractivity contribution in [1.29, 1.82) is 0 Å². The molecule has 0 aromatic heterocycles. The van der Waals surface area contributed by atoms with Crippen molar-refractivity contribution in [1.82, 2.24) is 10.6 Å². The van der Waals surface area contributed by atoms with Crippen LogP contribution in [0.25, 0.3) is 0 Å². The predicted molar refractivity (Wildman–Crippen MR) is 80.7 cm³/mol. The summed E-state index contributed by atoms with van der Waals surface area (Å²) < 4.78 is 37.6. The van der Waals surface area contributed by atoms with Gasteiger partial charge in [0, 0.05) is 12.6 Å². The summed E-state index contributed by atoms with van der Waals surface area (Å²) in [5.74, 6) is 0. The second-order valence-electron chi connectivity index (χ2n) is 4.70. The Labute approximate surface area is 133 Å². The van der Waals surface area contributed by atoms with Crippen LogP contribution in [0, 0.1) is 0 Å². The zero-order valence-corrected chi connectivity index (χ0v) is 13.0. The van der Waals surface area contributed by atoms with Crippen molar-refractivity contribution < 1.29 is 13.2 Å². The van der Waals surface area contributed by atoms with Gasteiger partial charge in [0.05, 0.1) is 10.9 Å². The van der Waals surface area contributed by atoms with Crippen molar-refractivity contribution >= 4 is 23.2 Å². The lowest BCUT2D eigenvalue weighted by Gasteiger charge is -2.23. The van der Waals surface area contributed by atoms with Crippen molar-refractivity contribution in [3.63, 3.8) is 0 Å². The van der Waals surface area contributed by atoms with Gasteiger partial charge in [0.2, 0.25) is 0 Å². The Morgan fingerprint density at radius 3 is 2.38 bits per heavy atom. The van der Waals surface area contributed by atoms with E-state index in [2.05, 4.69) is 10.6 Å². The van der Waals surface area contributed by atoms with Gasteiger partial charge < -0.3 is 10.6 Å². The summed E-state index contributed by atoms with van der Waals surface area (Å²) in [5.41, 5.74) is 0.107. The first-order valence-corrected chi connectivity index (χ1v) is 7.76. The third-order valence-corrected chi connectivity index (χ3v) is 3.19. The summed E-state index contributed by atoms with van der Waals surface area (Å²) in [4.78, 5) is 0. The molecule has 1 aliphatic rings. The van der Waals surface area contributed by atoms with E-state index < -0.39 is 11.7 Å². The third-order valence-electron chi connectivity index (χ3n) is 3.19. The molecule has 1 aromatic carbocycles. The number of hydrogen-bond donors (Lipinski definition) is 2. The van der Waals surface area contributed by atoms with Gasteiger partial charge in [-0.2, -0.15) is 13.2 Å². The van der Waals surface area contributed by atoms with Crippen LogP contribution in [0.3, 0.4) is 0 Å². The summed E-state index contributed by atoms with van der Waals surface area (Å²) in [6, 6.07) is 5.91. The zero-order valence-electron chi connectivity index (χ0n) is 11.5. The molecule has 1 saturated heterocycles. The minimum absolute atomic E-state index is 0.194. The highest BCUT2D eigenvalue weighted by Gasteiger charge is 2.30. The smallest absolute Gasteiger partial charge is 0.317 e. The molecule has 21 heavy (non-hydrogen) atoms. The number of halogens is 5. The Kier molecular flexibility index (Phi) is 8.41. The highest BCUT2D eigenvalue weighted by Crippen LogP contribution is 2.29. The van der Waals surface area contributed by atoms with Crippen LogP contribution in [0.15, 0.2) is 24.3 Å². The van der Waals surface area contributed by atoms with Crippen LogP contribution >= 0.6 is 23.2 Å². The monoisotopic (exact) mass is 342 g/mol. The van der Waals surface area contributed by atoms with Gasteiger partial charge in [0.1, 0.15) is 0 Å². The Morgan fingerprint density at radius 1 is 1.19 bits per heavy atom. The van der Waals surface area contributed by atoms with Crippen LogP contribution < -0.4 is 10.6 Å². The summed E-state index contributed by atoms with van der Waals surface area (Å²) in [6.07, 6.45) is -2.21. The van der Waals surface area contributed by atoms with E-state index in [4.69, 9.17) is 23.2 Å². The number of piperidine rings is 1. The maximum absolute atomic E-state index is 12.5. The maximum Gasteiger partial charge on any atom is 0.416 e. The molecule has 0 spiro atoms. The summed E-state index contributed by atoms with van der Waals surface area (Å²) >= 11 is 9.53. The minimum Gasteiger partial charge on any atom is -0.317 e. The highest BCUT2D eigenvalue weighted by molar-refractivity contribution is 6.40. The Balaban J connectivity index is 0.000000677. The SMILES string of the molecule is ClCCl.FC(F)(F)c1cccc(CNC2CCNCC2)c1. The number of benzene rings is 1. The van der Waals surface area contributed by atoms with Crippen molar-refractivity contribution in [2.45, 2.75) is 31.6 Å². The zero-order chi connectivity index (χ0) is 15.7. The average Bonchev–Trinajstić information content (AvgIpc) is 2.46. The van der Waals surface area contributed by atoms with Crippen molar-refractivity contribution in [3.05, 3.63) is 35.4 Å². The number of alkyl halides is 5. The van der Waals surface area contributed by atoms with E-state index in [9.17, 15) is 13.2 Å². The normalized spacial score (nSPS) is 16.2. The standard InChI is InChI=1S/C13H17F3N2.CH2Cl2/c14-13(15,16)11-3-1-2-10(8-11)9-18-12-4-6-17-7-5-12;2-1-3/h1-3,8,12,17-18H,4-7,9H2;1H2. The molecule has 0 amide bonds. The molecule has 1 aromatic rings. The minimum atomic E-state index is -4.26. The largest absolute Gasteiger partial charge is 0.416 e. The lowest BCUT2D eigenvalue weighted by molar-refractivity contribution is -0.137. The van der Waals surface area contributed by atoms with Crippen LogP contribution in [0.4, 0.5) is 13.2 Å². The highest BCUT2D eigenvalue weighted by atomic mass is 35.5. The summed E-state index contributed by atoms with van der Waals surface area (Å²) in [7, 11) is 0. The fraction of sp³-hybridized carbons (Fsp3) is 0.571. The number of hydrogen-bond acceptors (Lipinski definition) is 2. The molecule has 2 N–H and O–H groups in total. The van der Waals surface area contributed by atoms with Crippen LogP contribution in [-0.4, -0.2) is 24.5 Å². The molecule has 1 aliphatic heterocycles. The first-order chi connectivity index (χ1) is 9.97. The average molecular weight is 343 g/mol. The molecular formula is C14H19Cl2F3N2. The molecule has 0 radical (unpaired) electrons. The van der Waals surface area contributed by atoms with E-state index in [-0.39, 0.29) is 5.34 Å². The first-order valence-electron chi connectivity index (χ1n) is 6.69. The Hall–Kier alpha value is -0.490. The van der Waals surface area contributed by atoms with Crippen LogP contribution in [0.5, 0.6) is 0 Å². The molecule has 120 valence electrons. The van der Waals surface area contributed by atoms with Crippen LogP contribution in [0.1, 0.15) is 24.0 Å². The molecular weight excluding hydrogens is 324 g/mol. The van der Waals surface area contributed by atoms with Gasteiger partial charge in [-0.1, -0.05) is 18.2 Å². The van der Waals surface area contributed by atoms with Crippen LogP contribution in [0.2, 0.25) is 0 Å². The Morgan fingerprint density at radius 2 is 1.81 bits per heavy atom. The molecule has 0 saturated carbocycles. The van der Waals surface area contributed by atoms with Crippen molar-refractivity contribution in [3.8, 4) is 0 Å². The van der Waals surface area contributed by atoms with Gasteiger partial charge in [-0.15, -0.1) is 23.2 Å². The van der Waals surface area contributed by atoms with Gasteiger partial charge in [0.25, 0.3) is 0 Å². The maximum atomic E-state index is 12.5. The Bertz CT molecular complexity index is 407. The second kappa shape index (κ2) is 9.51. The molecule has 1 heterocycles. The summed E-state index contributed by atoms with van der Waals surface area (Å²) in [5, 5.41) is 6.76. The van der Waals surface area contributed by atoms with E-state index >= 15 is 0 Å². The van der Waals surface area contributed by atoms with Gasteiger partial charge in [-0.3, -0.25) is 0 Å². The van der Waals surface area contributed by atoms with E-state index in [0.29, 0.717) is 18.2 Å². The van der Waals surface area contributed by atoms with Gasteiger partial charge >= 0.3 is 6.18 Å². The molecule has 2 rings (SSSR count). The van der Waals surface area contributed by atoms with E-state index in [1.54, 1.807) is 6.07 Å². The lowest BCUT2D eigenvalue weighted by atomic mass is 10.1.